The van der Waals surface area contributed by atoms with E-state index in [0.29, 0.717) is 6.04 Å². The third-order valence-electron chi connectivity index (χ3n) is 3.01. The molecule has 2 nitrogen and oxygen atoms in total. The quantitative estimate of drug-likeness (QED) is 0.848. The molecule has 1 aromatic carbocycles. The number of anilines is 1. The van der Waals surface area contributed by atoms with E-state index in [2.05, 4.69) is 19.2 Å². The van der Waals surface area contributed by atoms with Crippen molar-refractivity contribution in [3.05, 3.63) is 52.9 Å². The summed E-state index contributed by atoms with van der Waals surface area (Å²) in [7, 11) is 0. The number of nitrogens with one attached hydrogen (secondary N) is 1. The Balaban J connectivity index is 1.90. The van der Waals surface area contributed by atoms with Crippen molar-refractivity contribution < 1.29 is 4.42 Å². The van der Waals surface area contributed by atoms with E-state index >= 15 is 0 Å². The predicted octanol–water partition coefficient (Wildman–Crippen LogP) is 4.67. The van der Waals surface area contributed by atoms with Gasteiger partial charge < -0.3 is 9.73 Å². The first-order valence-corrected chi connectivity index (χ1v) is 6.58. The zero-order valence-electron chi connectivity index (χ0n) is 10.7. The van der Waals surface area contributed by atoms with Crippen molar-refractivity contribution in [1.82, 2.24) is 0 Å². The van der Waals surface area contributed by atoms with E-state index in [-0.39, 0.29) is 0 Å². The van der Waals surface area contributed by atoms with Gasteiger partial charge >= 0.3 is 0 Å². The lowest BCUT2D eigenvalue weighted by Crippen LogP contribution is -2.16. The van der Waals surface area contributed by atoms with Crippen LogP contribution in [0.3, 0.4) is 0 Å². The van der Waals surface area contributed by atoms with E-state index in [9.17, 15) is 0 Å². The van der Waals surface area contributed by atoms with Crippen molar-refractivity contribution in [2.45, 2.75) is 32.7 Å². The van der Waals surface area contributed by atoms with E-state index in [0.717, 1.165) is 29.3 Å². The molecule has 96 valence electrons. The van der Waals surface area contributed by atoms with Crippen molar-refractivity contribution >= 4 is 17.3 Å². The van der Waals surface area contributed by atoms with Crippen LogP contribution in [0.25, 0.3) is 0 Å². The standard InChI is InChI=1S/C15H18ClNO/c1-11-5-7-13(16)10-15(11)17-12(2)6-8-14-4-3-9-18-14/h3-5,7,9-10,12,17H,6,8H2,1-2H3. The lowest BCUT2D eigenvalue weighted by atomic mass is 10.1. The highest BCUT2D eigenvalue weighted by atomic mass is 35.5. The molecule has 2 rings (SSSR count). The minimum Gasteiger partial charge on any atom is -0.469 e. The van der Waals surface area contributed by atoms with E-state index in [1.807, 2.05) is 30.3 Å². The molecular weight excluding hydrogens is 246 g/mol. The Morgan fingerprint density at radius 2 is 2.17 bits per heavy atom. The van der Waals surface area contributed by atoms with E-state index in [1.54, 1.807) is 6.26 Å². The van der Waals surface area contributed by atoms with Gasteiger partial charge in [0.25, 0.3) is 0 Å². The molecule has 0 aliphatic carbocycles. The Labute approximate surface area is 113 Å². The second-order valence-electron chi connectivity index (χ2n) is 4.62. The molecule has 1 heterocycles. The molecular formula is C15H18ClNO. The van der Waals surface area contributed by atoms with Gasteiger partial charge in [-0.25, -0.2) is 0 Å². The first kappa shape index (κ1) is 13.0. The molecule has 0 aliphatic rings. The molecule has 1 atom stereocenters. The van der Waals surface area contributed by atoms with Crippen LogP contribution in [0.1, 0.15) is 24.7 Å². The van der Waals surface area contributed by atoms with Crippen LogP contribution >= 0.6 is 11.6 Å². The molecule has 0 amide bonds. The smallest absolute Gasteiger partial charge is 0.103 e. The highest BCUT2D eigenvalue weighted by Crippen LogP contribution is 2.21. The average molecular weight is 264 g/mol. The molecule has 0 fully saturated rings. The second kappa shape index (κ2) is 5.96. The highest BCUT2D eigenvalue weighted by molar-refractivity contribution is 6.30. The van der Waals surface area contributed by atoms with Crippen molar-refractivity contribution in [2.75, 3.05) is 5.32 Å². The van der Waals surface area contributed by atoms with Gasteiger partial charge in [-0.2, -0.15) is 0 Å². The summed E-state index contributed by atoms with van der Waals surface area (Å²) in [5, 5.41) is 4.25. The Morgan fingerprint density at radius 3 is 2.89 bits per heavy atom. The summed E-state index contributed by atoms with van der Waals surface area (Å²) in [6.45, 7) is 4.25. The minimum atomic E-state index is 0.382. The fraction of sp³-hybridized carbons (Fsp3) is 0.333. The fourth-order valence-electron chi connectivity index (χ4n) is 1.90. The third kappa shape index (κ3) is 3.54. The first-order valence-electron chi connectivity index (χ1n) is 6.20. The van der Waals surface area contributed by atoms with Gasteiger partial charge in [0.1, 0.15) is 5.76 Å². The molecule has 18 heavy (non-hydrogen) atoms. The SMILES string of the molecule is Cc1ccc(Cl)cc1NC(C)CCc1ccco1. The van der Waals surface area contributed by atoms with E-state index in [1.165, 1.54) is 5.56 Å². The largest absolute Gasteiger partial charge is 0.469 e. The maximum absolute atomic E-state index is 6.00. The van der Waals surface area contributed by atoms with Crippen LogP contribution in [0, 0.1) is 6.92 Å². The van der Waals surface area contributed by atoms with Crippen LogP contribution in [0.2, 0.25) is 5.02 Å². The number of hydrogen-bond donors (Lipinski definition) is 1. The zero-order chi connectivity index (χ0) is 13.0. The summed E-state index contributed by atoms with van der Waals surface area (Å²) >= 11 is 6.00. The topological polar surface area (TPSA) is 25.2 Å². The molecule has 1 unspecified atom stereocenters. The van der Waals surface area contributed by atoms with Gasteiger partial charge in [0.05, 0.1) is 6.26 Å². The van der Waals surface area contributed by atoms with E-state index in [4.69, 9.17) is 16.0 Å². The molecule has 0 saturated carbocycles. The van der Waals surface area contributed by atoms with Gasteiger partial charge in [0.2, 0.25) is 0 Å². The molecule has 0 bridgehead atoms. The van der Waals surface area contributed by atoms with Gasteiger partial charge in [-0.15, -0.1) is 0 Å². The van der Waals surface area contributed by atoms with Crippen LogP contribution < -0.4 is 5.32 Å². The Morgan fingerprint density at radius 1 is 1.33 bits per heavy atom. The molecule has 0 saturated heterocycles. The average Bonchev–Trinajstić information content (AvgIpc) is 2.84. The number of rotatable bonds is 5. The minimum absolute atomic E-state index is 0.382. The summed E-state index contributed by atoms with van der Waals surface area (Å²) in [6, 6.07) is 10.2. The van der Waals surface area contributed by atoms with E-state index < -0.39 is 0 Å². The Kier molecular flexibility index (Phi) is 4.32. The number of benzene rings is 1. The van der Waals surface area contributed by atoms with Gasteiger partial charge in [-0.3, -0.25) is 0 Å². The summed E-state index contributed by atoms with van der Waals surface area (Å²) < 4.78 is 5.33. The molecule has 0 spiro atoms. The van der Waals surface area contributed by atoms with Crippen LogP contribution in [-0.2, 0) is 6.42 Å². The monoisotopic (exact) mass is 263 g/mol. The number of aryl methyl sites for hydroxylation is 2. The number of halogens is 1. The van der Waals surface area contributed by atoms with Gasteiger partial charge in [0, 0.05) is 23.2 Å². The Bertz CT molecular complexity index is 493. The van der Waals surface area contributed by atoms with Crippen LogP contribution in [0.4, 0.5) is 5.69 Å². The highest BCUT2D eigenvalue weighted by Gasteiger charge is 2.06. The summed E-state index contributed by atoms with van der Waals surface area (Å²) in [5.74, 6) is 1.03. The van der Waals surface area contributed by atoms with Gasteiger partial charge in [-0.05, 0) is 50.1 Å². The molecule has 1 aromatic heterocycles. The normalized spacial score (nSPS) is 12.4. The van der Waals surface area contributed by atoms with Crippen LogP contribution in [-0.4, -0.2) is 6.04 Å². The van der Waals surface area contributed by atoms with Crippen molar-refractivity contribution in [1.29, 1.82) is 0 Å². The maximum atomic E-state index is 6.00. The molecule has 0 radical (unpaired) electrons. The summed E-state index contributed by atoms with van der Waals surface area (Å²) in [6.07, 6.45) is 3.69. The van der Waals surface area contributed by atoms with Crippen molar-refractivity contribution in [2.24, 2.45) is 0 Å². The summed E-state index contributed by atoms with van der Waals surface area (Å²) in [4.78, 5) is 0. The van der Waals surface area contributed by atoms with Gasteiger partial charge in [0.15, 0.2) is 0 Å². The molecule has 0 aliphatic heterocycles. The predicted molar refractivity (Wildman–Crippen MR) is 76.3 cm³/mol. The number of furan rings is 1. The Hall–Kier alpha value is -1.41. The summed E-state index contributed by atoms with van der Waals surface area (Å²) in [5.41, 5.74) is 2.32. The van der Waals surface area contributed by atoms with Crippen LogP contribution in [0.5, 0.6) is 0 Å². The first-order chi connectivity index (χ1) is 8.65. The maximum Gasteiger partial charge on any atom is 0.103 e. The molecule has 3 heteroatoms. The molecule has 2 aromatic rings. The van der Waals surface area contributed by atoms with Gasteiger partial charge in [-0.1, -0.05) is 17.7 Å². The fourth-order valence-corrected chi connectivity index (χ4v) is 2.07. The lowest BCUT2D eigenvalue weighted by Gasteiger charge is -2.16. The lowest BCUT2D eigenvalue weighted by molar-refractivity contribution is 0.495. The van der Waals surface area contributed by atoms with Crippen molar-refractivity contribution in [3.63, 3.8) is 0 Å². The molecule has 1 N–H and O–H groups in total. The van der Waals surface area contributed by atoms with Crippen LogP contribution in [0.15, 0.2) is 41.0 Å². The second-order valence-corrected chi connectivity index (χ2v) is 5.06. The van der Waals surface area contributed by atoms with Crippen molar-refractivity contribution in [3.8, 4) is 0 Å². The zero-order valence-corrected chi connectivity index (χ0v) is 11.5. The number of hydrogen-bond acceptors (Lipinski definition) is 2. The third-order valence-corrected chi connectivity index (χ3v) is 3.24.